The van der Waals surface area contributed by atoms with E-state index in [0.29, 0.717) is 0 Å². The molecule has 0 aliphatic rings. The highest BCUT2D eigenvalue weighted by Crippen LogP contribution is 2.27. The molecule has 3 nitrogen and oxygen atoms in total. The second kappa shape index (κ2) is 6.31. The molecular formula is C17H19NO2S. The maximum atomic E-state index is 10.6. The van der Waals surface area contributed by atoms with Gasteiger partial charge in [0.05, 0.1) is 4.92 Å². The summed E-state index contributed by atoms with van der Waals surface area (Å²) in [6.45, 7) is 6.61. The Hall–Kier alpha value is -1.81. The number of nitro groups is 1. The van der Waals surface area contributed by atoms with Crippen LogP contribution in [0.4, 0.5) is 5.69 Å². The fourth-order valence-electron chi connectivity index (χ4n) is 1.93. The van der Waals surface area contributed by atoms with Crippen LogP contribution in [0.2, 0.25) is 0 Å². The van der Waals surface area contributed by atoms with Gasteiger partial charge in [0.25, 0.3) is 5.69 Å². The Bertz CT molecular complexity index is 613. The Morgan fingerprint density at radius 3 is 2.05 bits per heavy atom. The molecule has 0 heterocycles. The van der Waals surface area contributed by atoms with Crippen molar-refractivity contribution >= 4 is 17.4 Å². The molecule has 110 valence electrons. The van der Waals surface area contributed by atoms with Crippen LogP contribution in [0.15, 0.2) is 53.4 Å². The summed E-state index contributed by atoms with van der Waals surface area (Å²) >= 11 is 1.68. The van der Waals surface area contributed by atoms with E-state index in [1.807, 2.05) is 0 Å². The Labute approximate surface area is 129 Å². The number of hydrogen-bond donors (Lipinski definition) is 0. The molecule has 0 unspecified atom stereocenters. The average molecular weight is 301 g/mol. The van der Waals surface area contributed by atoms with Crippen molar-refractivity contribution in [3.05, 3.63) is 69.8 Å². The zero-order chi connectivity index (χ0) is 15.5. The van der Waals surface area contributed by atoms with Gasteiger partial charge in [0.1, 0.15) is 0 Å². The van der Waals surface area contributed by atoms with Gasteiger partial charge in [-0.05, 0) is 28.7 Å². The first-order valence-electron chi connectivity index (χ1n) is 6.83. The predicted octanol–water partition coefficient (Wildman–Crippen LogP) is 5.18. The minimum absolute atomic E-state index is 0.133. The molecule has 2 rings (SSSR count). The topological polar surface area (TPSA) is 43.1 Å². The molecule has 4 heteroatoms. The van der Waals surface area contributed by atoms with Crippen LogP contribution in [0.5, 0.6) is 0 Å². The Kier molecular flexibility index (Phi) is 4.68. The summed E-state index contributed by atoms with van der Waals surface area (Å²) in [6.07, 6.45) is 0. The van der Waals surface area contributed by atoms with E-state index in [9.17, 15) is 10.1 Å². The number of hydrogen-bond acceptors (Lipinski definition) is 3. The lowest BCUT2D eigenvalue weighted by Gasteiger charge is -2.19. The van der Waals surface area contributed by atoms with Gasteiger partial charge in [-0.25, -0.2) is 0 Å². The molecule has 0 N–H and O–H groups in total. The highest BCUT2D eigenvalue weighted by atomic mass is 32.2. The second-order valence-electron chi connectivity index (χ2n) is 5.99. The smallest absolute Gasteiger partial charge is 0.258 e. The van der Waals surface area contributed by atoms with Gasteiger partial charge in [-0.3, -0.25) is 10.1 Å². The largest absolute Gasteiger partial charge is 0.269 e. The van der Waals surface area contributed by atoms with Crippen LogP contribution in [0.25, 0.3) is 0 Å². The molecular weight excluding hydrogens is 282 g/mol. The van der Waals surface area contributed by atoms with Crippen molar-refractivity contribution in [3.8, 4) is 0 Å². The molecule has 0 saturated heterocycles. The SMILES string of the molecule is CC(C)(C)c1ccc(CSc2ccc([N+](=O)[O-])cc2)cc1. The molecule has 0 aliphatic heterocycles. The minimum atomic E-state index is -0.375. The first-order chi connectivity index (χ1) is 9.86. The third-order valence-corrected chi connectivity index (χ3v) is 4.36. The van der Waals surface area contributed by atoms with Gasteiger partial charge in [0.2, 0.25) is 0 Å². The molecule has 0 atom stereocenters. The Morgan fingerprint density at radius 2 is 1.57 bits per heavy atom. The molecule has 0 aromatic heterocycles. The third-order valence-electron chi connectivity index (χ3n) is 3.27. The quantitative estimate of drug-likeness (QED) is 0.443. The number of nitrogens with zero attached hydrogens (tertiary/aromatic N) is 1. The van der Waals surface area contributed by atoms with Crippen molar-refractivity contribution in [2.75, 3.05) is 0 Å². The lowest BCUT2D eigenvalue weighted by Crippen LogP contribution is -2.10. The molecule has 2 aromatic carbocycles. The summed E-state index contributed by atoms with van der Waals surface area (Å²) in [4.78, 5) is 11.3. The van der Waals surface area contributed by atoms with E-state index in [1.54, 1.807) is 36.0 Å². The highest BCUT2D eigenvalue weighted by Gasteiger charge is 2.12. The maximum absolute atomic E-state index is 10.6. The van der Waals surface area contributed by atoms with Gasteiger partial charge in [-0.15, -0.1) is 11.8 Å². The van der Waals surface area contributed by atoms with Gasteiger partial charge < -0.3 is 0 Å². The Balaban J connectivity index is 1.98. The monoisotopic (exact) mass is 301 g/mol. The zero-order valence-corrected chi connectivity index (χ0v) is 13.3. The van der Waals surface area contributed by atoms with Gasteiger partial charge >= 0.3 is 0 Å². The first kappa shape index (κ1) is 15.6. The fourth-order valence-corrected chi connectivity index (χ4v) is 2.79. The minimum Gasteiger partial charge on any atom is -0.258 e. The molecule has 0 fully saturated rings. The fraction of sp³-hybridized carbons (Fsp3) is 0.294. The van der Waals surface area contributed by atoms with Crippen LogP contribution in [-0.4, -0.2) is 4.92 Å². The van der Waals surface area contributed by atoms with Crippen molar-refractivity contribution < 1.29 is 4.92 Å². The van der Waals surface area contributed by atoms with Crippen molar-refractivity contribution in [3.63, 3.8) is 0 Å². The number of benzene rings is 2. The highest BCUT2D eigenvalue weighted by molar-refractivity contribution is 7.98. The summed E-state index contributed by atoms with van der Waals surface area (Å²) in [6, 6.07) is 15.3. The summed E-state index contributed by atoms with van der Waals surface area (Å²) in [5, 5.41) is 10.6. The lowest BCUT2D eigenvalue weighted by molar-refractivity contribution is -0.384. The van der Waals surface area contributed by atoms with E-state index < -0.39 is 0 Å². The Morgan fingerprint density at radius 1 is 1.00 bits per heavy atom. The van der Waals surface area contributed by atoms with Gasteiger partial charge in [0, 0.05) is 22.8 Å². The molecule has 2 aromatic rings. The average Bonchev–Trinajstić information content (AvgIpc) is 2.45. The molecule has 0 amide bonds. The van der Waals surface area contributed by atoms with E-state index in [1.165, 1.54) is 11.1 Å². The van der Waals surface area contributed by atoms with Crippen molar-refractivity contribution in [2.24, 2.45) is 0 Å². The van der Waals surface area contributed by atoms with Crippen LogP contribution >= 0.6 is 11.8 Å². The maximum Gasteiger partial charge on any atom is 0.269 e. The number of nitro benzene ring substituents is 1. The number of thioether (sulfide) groups is 1. The lowest BCUT2D eigenvalue weighted by atomic mass is 9.87. The second-order valence-corrected chi connectivity index (χ2v) is 7.04. The third kappa shape index (κ3) is 4.33. The van der Waals surface area contributed by atoms with E-state index in [-0.39, 0.29) is 16.0 Å². The molecule has 0 spiro atoms. The zero-order valence-electron chi connectivity index (χ0n) is 12.5. The van der Waals surface area contributed by atoms with Crippen LogP contribution in [-0.2, 0) is 11.2 Å². The van der Waals surface area contributed by atoms with Crippen LogP contribution in [0, 0.1) is 10.1 Å². The first-order valence-corrected chi connectivity index (χ1v) is 7.81. The predicted molar refractivity (Wildman–Crippen MR) is 87.8 cm³/mol. The molecule has 0 radical (unpaired) electrons. The molecule has 0 saturated carbocycles. The van der Waals surface area contributed by atoms with E-state index in [2.05, 4.69) is 45.0 Å². The van der Waals surface area contributed by atoms with E-state index in [4.69, 9.17) is 0 Å². The van der Waals surface area contributed by atoms with Gasteiger partial charge in [0.15, 0.2) is 0 Å². The molecule has 0 aliphatic carbocycles. The van der Waals surface area contributed by atoms with Crippen molar-refractivity contribution in [1.29, 1.82) is 0 Å². The summed E-state index contributed by atoms with van der Waals surface area (Å²) in [5.41, 5.74) is 2.89. The summed E-state index contributed by atoms with van der Waals surface area (Å²) in [7, 11) is 0. The number of non-ortho nitro benzene ring substituents is 1. The molecule has 0 bridgehead atoms. The van der Waals surface area contributed by atoms with Crippen molar-refractivity contribution in [2.45, 2.75) is 36.8 Å². The normalized spacial score (nSPS) is 11.4. The van der Waals surface area contributed by atoms with E-state index >= 15 is 0 Å². The van der Waals surface area contributed by atoms with Crippen molar-refractivity contribution in [1.82, 2.24) is 0 Å². The van der Waals surface area contributed by atoms with E-state index in [0.717, 1.165) is 10.6 Å². The summed E-state index contributed by atoms with van der Waals surface area (Å²) < 4.78 is 0. The summed E-state index contributed by atoms with van der Waals surface area (Å²) in [5.74, 6) is 0.863. The van der Waals surface area contributed by atoms with Crippen LogP contribution in [0.1, 0.15) is 31.9 Å². The van der Waals surface area contributed by atoms with Crippen LogP contribution in [0.3, 0.4) is 0 Å². The van der Waals surface area contributed by atoms with Gasteiger partial charge in [-0.2, -0.15) is 0 Å². The van der Waals surface area contributed by atoms with Gasteiger partial charge in [-0.1, -0.05) is 45.0 Å². The van der Waals surface area contributed by atoms with Crippen LogP contribution < -0.4 is 0 Å². The standard InChI is InChI=1S/C17H19NO2S/c1-17(2,3)14-6-4-13(5-7-14)12-21-16-10-8-15(9-11-16)18(19)20/h4-11H,12H2,1-3H3. The number of rotatable bonds is 4. The molecule has 21 heavy (non-hydrogen) atoms.